The Balaban J connectivity index is 1.83. The number of hydrogen-bond acceptors (Lipinski definition) is 3. The third kappa shape index (κ3) is 4.49. The number of aliphatic hydroxyl groups is 1. The molecule has 1 aromatic heterocycles. The molecule has 5 nitrogen and oxygen atoms in total. The summed E-state index contributed by atoms with van der Waals surface area (Å²) < 4.78 is 5.44. The highest BCUT2D eigenvalue weighted by atomic mass is 16.3. The highest BCUT2D eigenvalue weighted by Gasteiger charge is 2.21. The number of amides is 2. The minimum Gasteiger partial charge on any atom is -0.464 e. The number of benzene rings is 1. The lowest BCUT2D eigenvalue weighted by atomic mass is 9.87. The average Bonchev–Trinajstić information content (AvgIpc) is 2.85. The van der Waals surface area contributed by atoms with Gasteiger partial charge >= 0.3 is 6.03 Å². The fourth-order valence-corrected chi connectivity index (χ4v) is 2.60. The van der Waals surface area contributed by atoms with Crippen LogP contribution in [0.1, 0.15) is 32.8 Å². The summed E-state index contributed by atoms with van der Waals surface area (Å²) in [4.78, 5) is 11.9. The van der Waals surface area contributed by atoms with E-state index in [1.807, 2.05) is 38.1 Å². The second-order valence-corrected chi connectivity index (χ2v) is 6.51. The third-order valence-electron chi connectivity index (χ3n) is 3.58. The van der Waals surface area contributed by atoms with Crippen LogP contribution in [-0.2, 0) is 6.54 Å². The van der Waals surface area contributed by atoms with Crippen molar-refractivity contribution in [2.75, 3.05) is 6.54 Å². The molecule has 0 aliphatic rings. The molecule has 0 aliphatic carbocycles. The zero-order valence-electron chi connectivity index (χ0n) is 13.3. The molecule has 1 aromatic carbocycles. The van der Waals surface area contributed by atoms with Crippen LogP contribution < -0.4 is 10.6 Å². The van der Waals surface area contributed by atoms with Gasteiger partial charge in [-0.2, -0.15) is 0 Å². The van der Waals surface area contributed by atoms with Gasteiger partial charge in [0, 0.05) is 24.0 Å². The number of nitrogens with one attached hydrogen (secondary N) is 2. The molecular formula is C17H24N2O3. The van der Waals surface area contributed by atoms with Gasteiger partial charge in [0.2, 0.25) is 0 Å². The van der Waals surface area contributed by atoms with Crippen molar-refractivity contribution < 1.29 is 14.3 Å². The molecule has 5 heteroatoms. The van der Waals surface area contributed by atoms with Gasteiger partial charge in [0.25, 0.3) is 0 Å². The number of carbonyl (C=O) groups is 1. The fraction of sp³-hybridized carbons (Fsp3) is 0.471. The van der Waals surface area contributed by atoms with E-state index in [-0.39, 0.29) is 17.6 Å². The van der Waals surface area contributed by atoms with E-state index in [1.165, 1.54) is 0 Å². The molecule has 2 aromatic rings. The number of aliphatic hydroxyl groups excluding tert-OH is 1. The van der Waals surface area contributed by atoms with Crippen LogP contribution in [0, 0.1) is 5.41 Å². The molecule has 0 fully saturated rings. The maximum Gasteiger partial charge on any atom is 0.315 e. The summed E-state index contributed by atoms with van der Waals surface area (Å²) in [7, 11) is 0. The van der Waals surface area contributed by atoms with Crippen LogP contribution in [0.4, 0.5) is 4.79 Å². The number of furan rings is 1. The highest BCUT2D eigenvalue weighted by Crippen LogP contribution is 2.21. The molecule has 0 radical (unpaired) electrons. The third-order valence-corrected chi connectivity index (χ3v) is 3.58. The van der Waals surface area contributed by atoms with Gasteiger partial charge in [-0.25, -0.2) is 4.79 Å². The molecule has 0 bridgehead atoms. The Morgan fingerprint density at radius 1 is 1.32 bits per heavy atom. The lowest BCUT2D eigenvalue weighted by Crippen LogP contribution is -2.41. The van der Waals surface area contributed by atoms with Crippen molar-refractivity contribution in [3.63, 3.8) is 0 Å². The summed E-state index contributed by atoms with van der Waals surface area (Å²) in [5.41, 5.74) is 1.63. The molecular weight excluding hydrogens is 280 g/mol. The summed E-state index contributed by atoms with van der Waals surface area (Å²) in [5.74, 6) is 0. The lowest BCUT2D eigenvalue weighted by Gasteiger charge is -2.26. The second-order valence-electron chi connectivity index (χ2n) is 6.51. The highest BCUT2D eigenvalue weighted by molar-refractivity contribution is 5.81. The maximum absolute atomic E-state index is 11.9. The van der Waals surface area contributed by atoms with Gasteiger partial charge in [0.15, 0.2) is 0 Å². The number of carbonyl (C=O) groups excluding carboxylic acids is 1. The van der Waals surface area contributed by atoms with E-state index in [9.17, 15) is 9.90 Å². The monoisotopic (exact) mass is 304 g/mol. The molecule has 0 spiro atoms. The average molecular weight is 304 g/mol. The van der Waals surface area contributed by atoms with Crippen molar-refractivity contribution in [2.24, 2.45) is 5.41 Å². The van der Waals surface area contributed by atoms with Gasteiger partial charge in [-0.1, -0.05) is 32.0 Å². The Hall–Kier alpha value is -2.01. The second kappa shape index (κ2) is 6.83. The maximum atomic E-state index is 11.9. The molecule has 0 saturated heterocycles. The van der Waals surface area contributed by atoms with Crippen molar-refractivity contribution in [3.8, 4) is 0 Å². The van der Waals surface area contributed by atoms with Gasteiger partial charge in [-0.3, -0.25) is 0 Å². The number of hydrogen-bond donors (Lipinski definition) is 3. The minimum atomic E-state index is -0.378. The van der Waals surface area contributed by atoms with Gasteiger partial charge in [-0.15, -0.1) is 0 Å². The summed E-state index contributed by atoms with van der Waals surface area (Å²) in [5, 5.41) is 16.1. The zero-order valence-corrected chi connectivity index (χ0v) is 13.3. The van der Waals surface area contributed by atoms with Crippen LogP contribution in [0.5, 0.6) is 0 Å². The normalized spacial score (nSPS) is 13.1. The molecule has 22 heavy (non-hydrogen) atoms. The fourth-order valence-electron chi connectivity index (χ4n) is 2.60. The molecule has 1 heterocycles. The van der Waals surface area contributed by atoms with E-state index in [0.29, 0.717) is 19.5 Å². The Kier molecular flexibility index (Phi) is 5.08. The summed E-state index contributed by atoms with van der Waals surface area (Å²) in [6, 6.07) is 7.51. The summed E-state index contributed by atoms with van der Waals surface area (Å²) in [6.07, 6.45) is 1.93. The standard InChI is InChI=1S/C17H24N2O3/c1-12(20)8-17(2,3)11-19-16(21)18-9-13-10-22-15-7-5-4-6-14(13)15/h4-7,10,12,20H,8-9,11H2,1-3H3,(H2,18,19,21)/t12-/m1/s1. The molecule has 0 saturated carbocycles. The summed E-state index contributed by atoms with van der Waals surface area (Å²) >= 11 is 0. The van der Waals surface area contributed by atoms with Crippen LogP contribution >= 0.6 is 0 Å². The van der Waals surface area contributed by atoms with Gasteiger partial charge in [0.05, 0.1) is 12.4 Å². The van der Waals surface area contributed by atoms with Gasteiger partial charge < -0.3 is 20.2 Å². The smallest absolute Gasteiger partial charge is 0.315 e. The number of urea groups is 1. The zero-order chi connectivity index (χ0) is 16.2. The molecule has 3 N–H and O–H groups in total. The minimum absolute atomic E-state index is 0.145. The first-order chi connectivity index (χ1) is 10.4. The number of fused-ring (bicyclic) bond motifs is 1. The van der Waals surface area contributed by atoms with E-state index in [4.69, 9.17) is 4.42 Å². The first-order valence-electron chi connectivity index (χ1n) is 7.52. The first kappa shape index (κ1) is 16.4. The van der Waals surface area contributed by atoms with E-state index in [1.54, 1.807) is 13.2 Å². The van der Waals surface area contributed by atoms with E-state index in [0.717, 1.165) is 16.5 Å². The van der Waals surface area contributed by atoms with Crippen LogP contribution in [0.25, 0.3) is 11.0 Å². The van der Waals surface area contributed by atoms with Crippen LogP contribution in [-0.4, -0.2) is 23.8 Å². The quantitative estimate of drug-likeness (QED) is 0.768. The number of para-hydroxylation sites is 1. The van der Waals surface area contributed by atoms with Crippen molar-refractivity contribution >= 4 is 17.0 Å². The van der Waals surface area contributed by atoms with Gasteiger partial charge in [0.1, 0.15) is 5.58 Å². The van der Waals surface area contributed by atoms with Crippen LogP contribution in [0.2, 0.25) is 0 Å². The first-order valence-corrected chi connectivity index (χ1v) is 7.52. The van der Waals surface area contributed by atoms with E-state index < -0.39 is 0 Å². The van der Waals surface area contributed by atoms with E-state index in [2.05, 4.69) is 10.6 Å². The predicted molar refractivity (Wildman–Crippen MR) is 86.5 cm³/mol. The predicted octanol–water partition coefficient (Wildman–Crippen LogP) is 3.03. The van der Waals surface area contributed by atoms with Crippen LogP contribution in [0.15, 0.2) is 34.9 Å². The molecule has 120 valence electrons. The summed E-state index contributed by atoms with van der Waals surface area (Å²) in [6.45, 7) is 6.72. The molecule has 1 atom stereocenters. The Labute approximate surface area is 130 Å². The van der Waals surface area contributed by atoms with E-state index >= 15 is 0 Å². The molecule has 0 unspecified atom stereocenters. The Morgan fingerprint density at radius 2 is 2.05 bits per heavy atom. The van der Waals surface area contributed by atoms with Crippen molar-refractivity contribution in [1.82, 2.24) is 10.6 Å². The topological polar surface area (TPSA) is 74.5 Å². The Morgan fingerprint density at radius 3 is 2.77 bits per heavy atom. The van der Waals surface area contributed by atoms with Crippen molar-refractivity contribution in [1.29, 1.82) is 0 Å². The van der Waals surface area contributed by atoms with Crippen LogP contribution in [0.3, 0.4) is 0 Å². The lowest BCUT2D eigenvalue weighted by molar-refractivity contribution is 0.129. The molecule has 2 rings (SSSR count). The molecule has 0 aliphatic heterocycles. The largest absolute Gasteiger partial charge is 0.464 e. The molecule has 2 amide bonds. The van der Waals surface area contributed by atoms with Crippen molar-refractivity contribution in [3.05, 3.63) is 36.1 Å². The van der Waals surface area contributed by atoms with Crippen molar-refractivity contribution in [2.45, 2.75) is 39.8 Å². The number of rotatable bonds is 6. The van der Waals surface area contributed by atoms with Gasteiger partial charge in [-0.05, 0) is 24.8 Å². The SMILES string of the molecule is C[C@@H](O)CC(C)(C)CNC(=O)NCc1coc2ccccc12. The Bertz CT molecular complexity index is 632.